The smallest absolute Gasteiger partial charge is 0.234 e. The number of piperidine rings is 1. The number of hydrogen-bond donors (Lipinski definition) is 2. The Hall–Kier alpha value is -0.610. The summed E-state index contributed by atoms with van der Waals surface area (Å²) in [6, 6.07) is 0.687. The number of rotatable bonds is 7. The molecule has 1 amide bonds. The topological polar surface area (TPSA) is 44.4 Å². The number of carbonyl (C=O) groups excluding carboxylic acids is 1. The fraction of sp³-hybridized carbons (Fsp3) is 0.929. The van der Waals surface area contributed by atoms with Crippen LogP contribution in [-0.4, -0.2) is 49.6 Å². The fourth-order valence-corrected chi connectivity index (χ4v) is 2.68. The van der Waals surface area contributed by atoms with Crippen LogP contribution in [0.4, 0.5) is 0 Å². The van der Waals surface area contributed by atoms with Crippen LogP contribution < -0.4 is 10.6 Å². The molecule has 0 atom stereocenters. The minimum Gasteiger partial charge on any atom is -0.355 e. The minimum absolute atomic E-state index is 0.206. The highest BCUT2D eigenvalue weighted by Crippen LogP contribution is 2.28. The molecule has 4 heteroatoms. The largest absolute Gasteiger partial charge is 0.355 e. The fourth-order valence-electron chi connectivity index (χ4n) is 2.68. The summed E-state index contributed by atoms with van der Waals surface area (Å²) in [5.41, 5.74) is 0. The van der Waals surface area contributed by atoms with E-state index in [9.17, 15) is 4.79 Å². The van der Waals surface area contributed by atoms with Crippen molar-refractivity contribution < 1.29 is 4.79 Å². The molecule has 0 aromatic carbocycles. The molecule has 1 saturated heterocycles. The lowest BCUT2D eigenvalue weighted by atomic mass is 9.97. The van der Waals surface area contributed by atoms with Crippen molar-refractivity contribution in [2.75, 3.05) is 32.7 Å². The van der Waals surface area contributed by atoms with E-state index < -0.39 is 0 Å². The van der Waals surface area contributed by atoms with Crippen LogP contribution in [0.1, 0.15) is 39.0 Å². The van der Waals surface area contributed by atoms with Crippen LogP contribution in [0.2, 0.25) is 0 Å². The molecule has 1 aliphatic heterocycles. The van der Waals surface area contributed by atoms with Crippen molar-refractivity contribution in [2.45, 2.75) is 45.1 Å². The Morgan fingerprint density at radius 3 is 2.61 bits per heavy atom. The Labute approximate surface area is 110 Å². The van der Waals surface area contributed by atoms with Crippen molar-refractivity contribution in [2.24, 2.45) is 5.92 Å². The molecule has 18 heavy (non-hydrogen) atoms. The molecule has 4 nitrogen and oxygen atoms in total. The third-order valence-electron chi connectivity index (χ3n) is 3.93. The molecule has 0 radical (unpaired) electrons. The van der Waals surface area contributed by atoms with Gasteiger partial charge in [0, 0.05) is 19.1 Å². The Morgan fingerprint density at radius 1 is 1.28 bits per heavy atom. The monoisotopic (exact) mass is 253 g/mol. The number of hydrogen-bond acceptors (Lipinski definition) is 3. The first-order chi connectivity index (χ1) is 8.79. The summed E-state index contributed by atoms with van der Waals surface area (Å²) >= 11 is 0. The highest BCUT2D eigenvalue weighted by atomic mass is 16.2. The van der Waals surface area contributed by atoms with Crippen LogP contribution in [0, 0.1) is 5.92 Å². The number of carbonyl (C=O) groups is 1. The molecule has 1 aliphatic carbocycles. The molecular formula is C14H27N3O. The van der Waals surface area contributed by atoms with E-state index in [1.807, 2.05) is 0 Å². The van der Waals surface area contributed by atoms with Gasteiger partial charge in [-0.3, -0.25) is 9.69 Å². The Kier molecular flexibility index (Phi) is 5.45. The first-order valence-corrected chi connectivity index (χ1v) is 7.51. The molecule has 0 spiro atoms. The van der Waals surface area contributed by atoms with Crippen molar-refractivity contribution in [1.29, 1.82) is 0 Å². The van der Waals surface area contributed by atoms with E-state index in [1.165, 1.54) is 25.7 Å². The van der Waals surface area contributed by atoms with E-state index in [4.69, 9.17) is 0 Å². The summed E-state index contributed by atoms with van der Waals surface area (Å²) in [6.07, 6.45) is 6.11. The third-order valence-corrected chi connectivity index (χ3v) is 3.93. The van der Waals surface area contributed by atoms with E-state index in [1.54, 1.807) is 0 Å². The predicted octanol–water partition coefficient (Wildman–Crippen LogP) is 0.977. The highest BCUT2D eigenvalue weighted by molar-refractivity contribution is 5.78. The van der Waals surface area contributed by atoms with Gasteiger partial charge in [-0.05, 0) is 51.1 Å². The normalized spacial score (nSPS) is 21.2. The second-order valence-electron chi connectivity index (χ2n) is 5.70. The average molecular weight is 253 g/mol. The molecule has 0 bridgehead atoms. The SMILES string of the molecule is CCCNC(=O)CN(CC1CCNCC1)C1CC1. The Bertz CT molecular complexity index is 260. The molecule has 2 rings (SSSR count). The minimum atomic E-state index is 0.206. The first kappa shape index (κ1) is 13.8. The number of amides is 1. The van der Waals surface area contributed by atoms with Gasteiger partial charge >= 0.3 is 0 Å². The van der Waals surface area contributed by atoms with Crippen LogP contribution >= 0.6 is 0 Å². The van der Waals surface area contributed by atoms with Gasteiger partial charge in [0.25, 0.3) is 0 Å². The molecule has 1 heterocycles. The van der Waals surface area contributed by atoms with Crippen molar-refractivity contribution in [1.82, 2.24) is 15.5 Å². The van der Waals surface area contributed by atoms with E-state index in [0.29, 0.717) is 12.6 Å². The van der Waals surface area contributed by atoms with Gasteiger partial charge in [-0.1, -0.05) is 6.92 Å². The maximum absolute atomic E-state index is 11.8. The summed E-state index contributed by atoms with van der Waals surface area (Å²) in [4.78, 5) is 14.2. The Balaban J connectivity index is 1.74. The van der Waals surface area contributed by atoms with E-state index in [-0.39, 0.29) is 5.91 Å². The second kappa shape index (κ2) is 7.10. The molecule has 0 unspecified atom stereocenters. The molecule has 0 aromatic heterocycles. The van der Waals surface area contributed by atoms with Crippen molar-refractivity contribution in [3.8, 4) is 0 Å². The van der Waals surface area contributed by atoms with Crippen molar-refractivity contribution in [3.63, 3.8) is 0 Å². The zero-order valence-electron chi connectivity index (χ0n) is 11.6. The molecular weight excluding hydrogens is 226 g/mol. The van der Waals surface area contributed by atoms with Crippen LogP contribution in [0.5, 0.6) is 0 Å². The van der Waals surface area contributed by atoms with Crippen LogP contribution in [0.25, 0.3) is 0 Å². The van der Waals surface area contributed by atoms with Crippen LogP contribution in [0.3, 0.4) is 0 Å². The lowest BCUT2D eigenvalue weighted by Gasteiger charge is -2.29. The standard InChI is InChI=1S/C14H27N3O/c1-2-7-16-14(18)11-17(13-3-4-13)10-12-5-8-15-9-6-12/h12-13,15H,2-11H2,1H3,(H,16,18). The number of nitrogens with one attached hydrogen (secondary N) is 2. The lowest BCUT2D eigenvalue weighted by molar-refractivity contribution is -0.122. The van der Waals surface area contributed by atoms with E-state index >= 15 is 0 Å². The number of nitrogens with zero attached hydrogens (tertiary/aromatic N) is 1. The van der Waals surface area contributed by atoms with Gasteiger partial charge in [-0.15, -0.1) is 0 Å². The van der Waals surface area contributed by atoms with Crippen LogP contribution in [0.15, 0.2) is 0 Å². The van der Waals surface area contributed by atoms with E-state index in [0.717, 1.165) is 38.5 Å². The summed E-state index contributed by atoms with van der Waals surface area (Å²) < 4.78 is 0. The maximum Gasteiger partial charge on any atom is 0.234 e. The van der Waals surface area contributed by atoms with Gasteiger partial charge in [0.15, 0.2) is 0 Å². The third kappa shape index (κ3) is 4.58. The van der Waals surface area contributed by atoms with Gasteiger partial charge < -0.3 is 10.6 Å². The summed E-state index contributed by atoms with van der Waals surface area (Å²) in [5.74, 6) is 0.989. The van der Waals surface area contributed by atoms with Gasteiger partial charge in [-0.25, -0.2) is 0 Å². The molecule has 2 N–H and O–H groups in total. The van der Waals surface area contributed by atoms with E-state index in [2.05, 4.69) is 22.5 Å². The second-order valence-corrected chi connectivity index (χ2v) is 5.70. The summed E-state index contributed by atoms with van der Waals surface area (Å²) in [5, 5.41) is 6.39. The lowest BCUT2D eigenvalue weighted by Crippen LogP contribution is -2.42. The first-order valence-electron chi connectivity index (χ1n) is 7.51. The quantitative estimate of drug-likeness (QED) is 0.711. The summed E-state index contributed by atoms with van der Waals surface area (Å²) in [7, 11) is 0. The summed E-state index contributed by atoms with van der Waals surface area (Å²) in [6.45, 7) is 6.91. The van der Waals surface area contributed by atoms with Gasteiger partial charge in [0.1, 0.15) is 0 Å². The zero-order chi connectivity index (χ0) is 12.8. The maximum atomic E-state index is 11.8. The van der Waals surface area contributed by atoms with Gasteiger partial charge in [0.05, 0.1) is 6.54 Å². The molecule has 2 fully saturated rings. The van der Waals surface area contributed by atoms with Gasteiger partial charge in [-0.2, -0.15) is 0 Å². The van der Waals surface area contributed by atoms with Gasteiger partial charge in [0.2, 0.25) is 5.91 Å². The molecule has 104 valence electrons. The van der Waals surface area contributed by atoms with Crippen LogP contribution in [-0.2, 0) is 4.79 Å². The van der Waals surface area contributed by atoms with Crippen molar-refractivity contribution in [3.05, 3.63) is 0 Å². The average Bonchev–Trinajstić information content (AvgIpc) is 3.21. The zero-order valence-corrected chi connectivity index (χ0v) is 11.6. The highest BCUT2D eigenvalue weighted by Gasteiger charge is 2.31. The molecule has 0 aromatic rings. The predicted molar refractivity (Wildman–Crippen MR) is 73.5 cm³/mol. The molecule has 1 saturated carbocycles. The molecule has 2 aliphatic rings. The van der Waals surface area contributed by atoms with Crippen molar-refractivity contribution >= 4 is 5.91 Å². The Morgan fingerprint density at radius 2 is 2.00 bits per heavy atom.